The Kier molecular flexibility index (Phi) is 5.98. The predicted octanol–water partition coefficient (Wildman–Crippen LogP) is 5.90. The van der Waals surface area contributed by atoms with Crippen molar-refractivity contribution in [2.75, 3.05) is 37.9 Å². The van der Waals surface area contributed by atoms with Crippen LogP contribution in [0.4, 0.5) is 5.82 Å². The molecule has 0 saturated carbocycles. The topological polar surface area (TPSA) is 55.7 Å². The Morgan fingerprint density at radius 3 is 2.42 bits per heavy atom. The van der Waals surface area contributed by atoms with Gasteiger partial charge in [0.1, 0.15) is 12.1 Å². The van der Waals surface area contributed by atoms with Gasteiger partial charge in [-0.3, -0.25) is 4.90 Å². The van der Waals surface area contributed by atoms with E-state index in [-0.39, 0.29) is 0 Å². The summed E-state index contributed by atoms with van der Waals surface area (Å²) in [5.74, 6) is 2.66. The quantitative estimate of drug-likeness (QED) is 0.263. The minimum atomic E-state index is 0.305. The molecule has 0 radical (unpaired) electrons. The number of anilines is 1. The van der Waals surface area contributed by atoms with Gasteiger partial charge >= 0.3 is 0 Å². The van der Waals surface area contributed by atoms with Crippen LogP contribution in [0.25, 0.3) is 27.8 Å². The summed E-state index contributed by atoms with van der Waals surface area (Å²) >= 11 is 3.55. The molecule has 38 heavy (non-hydrogen) atoms. The van der Waals surface area contributed by atoms with Crippen LogP contribution in [0.15, 0.2) is 89.8 Å². The minimum absolute atomic E-state index is 0.305. The second-order valence-corrected chi connectivity index (χ2v) is 10.5. The maximum Gasteiger partial charge on any atom is 0.231 e. The maximum absolute atomic E-state index is 5.56. The fourth-order valence-electron chi connectivity index (χ4n) is 5.34. The fourth-order valence-corrected chi connectivity index (χ4v) is 5.60. The predicted molar refractivity (Wildman–Crippen MR) is 152 cm³/mol. The lowest BCUT2D eigenvalue weighted by Crippen LogP contribution is -2.46. The molecule has 2 aromatic heterocycles. The van der Waals surface area contributed by atoms with Gasteiger partial charge < -0.3 is 18.9 Å². The van der Waals surface area contributed by atoms with Crippen molar-refractivity contribution >= 4 is 32.8 Å². The molecule has 0 bridgehead atoms. The van der Waals surface area contributed by atoms with E-state index in [1.807, 2.05) is 12.1 Å². The fraction of sp³-hybridized carbons (Fsp3) is 0.200. The largest absolute Gasteiger partial charge is 0.454 e. The van der Waals surface area contributed by atoms with Gasteiger partial charge in [-0.25, -0.2) is 9.97 Å². The van der Waals surface area contributed by atoms with E-state index in [1.54, 1.807) is 6.33 Å². The number of nitrogens with zero attached hydrogens (tertiary/aromatic N) is 5. The standard InChI is InChI=1S/C30H26BrN5O2/c31-23-7-9-24(10-8-23)36-18-25(22-4-2-1-3-5-22)28-29(32-19-33-30(28)36)35-14-12-34(13-15-35)17-21-6-11-26-27(16-21)38-20-37-26/h1-11,16,18-19H,12-15,17,20H2. The van der Waals surface area contributed by atoms with Gasteiger partial charge in [-0.05, 0) is 47.5 Å². The third-order valence-electron chi connectivity index (χ3n) is 7.27. The van der Waals surface area contributed by atoms with Crippen LogP contribution in [0, 0.1) is 0 Å². The van der Waals surface area contributed by atoms with Crippen molar-refractivity contribution in [3.8, 4) is 28.3 Å². The molecule has 5 aromatic rings. The molecule has 0 amide bonds. The summed E-state index contributed by atoms with van der Waals surface area (Å²) in [6.07, 6.45) is 3.89. The van der Waals surface area contributed by atoms with Gasteiger partial charge in [0, 0.05) is 54.6 Å². The highest BCUT2D eigenvalue weighted by atomic mass is 79.9. The molecule has 0 N–H and O–H groups in total. The third kappa shape index (κ3) is 4.29. The van der Waals surface area contributed by atoms with Crippen LogP contribution in [0.3, 0.4) is 0 Å². The van der Waals surface area contributed by atoms with E-state index in [0.29, 0.717) is 6.79 Å². The first-order chi connectivity index (χ1) is 18.7. The molecule has 2 aliphatic rings. The van der Waals surface area contributed by atoms with Gasteiger partial charge in [-0.1, -0.05) is 52.3 Å². The SMILES string of the molecule is Brc1ccc(-n2cc(-c3ccccc3)c3c(N4CCN(Cc5ccc6c(c5)OCO6)CC4)ncnc32)cc1. The van der Waals surface area contributed by atoms with Gasteiger partial charge in [0.2, 0.25) is 6.79 Å². The molecular weight excluding hydrogens is 542 g/mol. The van der Waals surface area contributed by atoms with Crippen molar-refractivity contribution in [3.05, 3.63) is 95.4 Å². The summed E-state index contributed by atoms with van der Waals surface area (Å²) in [5, 5.41) is 1.09. The number of fused-ring (bicyclic) bond motifs is 2. The van der Waals surface area contributed by atoms with Gasteiger partial charge in [0.25, 0.3) is 0 Å². The summed E-state index contributed by atoms with van der Waals surface area (Å²) < 4.78 is 14.2. The number of hydrogen-bond acceptors (Lipinski definition) is 6. The molecule has 3 aromatic carbocycles. The maximum atomic E-state index is 5.56. The average molecular weight is 568 g/mol. The number of ether oxygens (including phenoxy) is 2. The third-order valence-corrected chi connectivity index (χ3v) is 7.80. The highest BCUT2D eigenvalue weighted by molar-refractivity contribution is 9.10. The Bertz CT molecular complexity index is 1600. The van der Waals surface area contributed by atoms with E-state index in [4.69, 9.17) is 19.4 Å². The van der Waals surface area contributed by atoms with Crippen molar-refractivity contribution < 1.29 is 9.47 Å². The second kappa shape index (κ2) is 9.78. The normalized spacial score (nSPS) is 15.3. The van der Waals surface area contributed by atoms with Crippen LogP contribution in [0.2, 0.25) is 0 Å². The van der Waals surface area contributed by atoms with Crippen LogP contribution in [0.5, 0.6) is 11.5 Å². The van der Waals surface area contributed by atoms with Crippen molar-refractivity contribution in [1.82, 2.24) is 19.4 Å². The average Bonchev–Trinajstić information content (AvgIpc) is 3.59. The van der Waals surface area contributed by atoms with Gasteiger partial charge in [-0.15, -0.1) is 0 Å². The number of benzene rings is 3. The van der Waals surface area contributed by atoms with Crippen LogP contribution in [0.1, 0.15) is 5.56 Å². The summed E-state index contributed by atoms with van der Waals surface area (Å²) in [7, 11) is 0. The van der Waals surface area contributed by atoms with Gasteiger partial charge in [0.05, 0.1) is 5.39 Å². The van der Waals surface area contributed by atoms with Gasteiger partial charge in [-0.2, -0.15) is 0 Å². The molecule has 2 aliphatic heterocycles. The molecule has 0 unspecified atom stereocenters. The monoisotopic (exact) mass is 567 g/mol. The summed E-state index contributed by atoms with van der Waals surface area (Å²) in [4.78, 5) is 14.5. The first-order valence-corrected chi connectivity index (χ1v) is 13.6. The Hall–Kier alpha value is -3.88. The van der Waals surface area contributed by atoms with Crippen molar-refractivity contribution in [2.24, 2.45) is 0 Å². The highest BCUT2D eigenvalue weighted by Gasteiger charge is 2.24. The van der Waals surface area contributed by atoms with Crippen molar-refractivity contribution in [1.29, 1.82) is 0 Å². The second-order valence-electron chi connectivity index (χ2n) is 9.60. The van der Waals surface area contributed by atoms with Crippen molar-refractivity contribution in [2.45, 2.75) is 6.54 Å². The van der Waals surface area contributed by atoms with E-state index in [0.717, 1.165) is 82.4 Å². The Morgan fingerprint density at radius 1 is 0.816 bits per heavy atom. The summed E-state index contributed by atoms with van der Waals surface area (Å²) in [6, 6.07) is 25.1. The first-order valence-electron chi connectivity index (χ1n) is 12.8. The molecular formula is C30H26BrN5O2. The van der Waals surface area contributed by atoms with E-state index in [2.05, 4.69) is 97.2 Å². The zero-order valence-corrected chi connectivity index (χ0v) is 22.3. The summed E-state index contributed by atoms with van der Waals surface area (Å²) in [6.45, 7) is 4.89. The van der Waals surface area contributed by atoms with Crippen LogP contribution in [-0.4, -0.2) is 52.4 Å². The molecule has 7 nitrogen and oxygen atoms in total. The van der Waals surface area contributed by atoms with Crippen LogP contribution >= 0.6 is 15.9 Å². The molecule has 1 fully saturated rings. The first kappa shape index (κ1) is 23.3. The number of piperazine rings is 1. The zero-order valence-electron chi connectivity index (χ0n) is 20.8. The molecule has 0 spiro atoms. The van der Waals surface area contributed by atoms with E-state index in [1.165, 1.54) is 5.56 Å². The van der Waals surface area contributed by atoms with Crippen LogP contribution in [-0.2, 0) is 6.54 Å². The molecule has 0 atom stereocenters. The zero-order chi connectivity index (χ0) is 25.5. The number of halogens is 1. The van der Waals surface area contributed by atoms with Crippen LogP contribution < -0.4 is 14.4 Å². The van der Waals surface area contributed by atoms with E-state index >= 15 is 0 Å². The summed E-state index contributed by atoms with van der Waals surface area (Å²) in [5.41, 5.74) is 5.52. The Balaban J connectivity index is 1.20. The molecule has 1 saturated heterocycles. The number of rotatable bonds is 5. The Morgan fingerprint density at radius 2 is 1.61 bits per heavy atom. The molecule has 4 heterocycles. The molecule has 0 aliphatic carbocycles. The number of aromatic nitrogens is 3. The molecule has 8 heteroatoms. The number of hydrogen-bond donors (Lipinski definition) is 0. The lowest BCUT2D eigenvalue weighted by molar-refractivity contribution is 0.174. The van der Waals surface area contributed by atoms with E-state index in [9.17, 15) is 0 Å². The minimum Gasteiger partial charge on any atom is -0.454 e. The van der Waals surface area contributed by atoms with E-state index < -0.39 is 0 Å². The Labute approximate surface area is 229 Å². The lowest BCUT2D eigenvalue weighted by atomic mass is 10.1. The lowest BCUT2D eigenvalue weighted by Gasteiger charge is -2.35. The highest BCUT2D eigenvalue weighted by Crippen LogP contribution is 2.37. The van der Waals surface area contributed by atoms with Gasteiger partial charge in [0.15, 0.2) is 17.1 Å². The molecule has 190 valence electrons. The smallest absolute Gasteiger partial charge is 0.231 e. The van der Waals surface area contributed by atoms with Crippen molar-refractivity contribution in [3.63, 3.8) is 0 Å². The molecule has 7 rings (SSSR count).